The van der Waals surface area contributed by atoms with Gasteiger partial charge in [-0.3, -0.25) is 4.79 Å². The van der Waals surface area contributed by atoms with Crippen LogP contribution in [0, 0.1) is 12.3 Å². The molecule has 19 heavy (non-hydrogen) atoms. The molecule has 0 saturated heterocycles. The molecule has 1 heterocycles. The molecule has 0 bridgehead atoms. The Morgan fingerprint density at radius 3 is 2.68 bits per heavy atom. The number of nitrogens with two attached hydrogens (primary N) is 1. The van der Waals surface area contributed by atoms with Crippen LogP contribution >= 0.6 is 0 Å². The van der Waals surface area contributed by atoms with E-state index in [0.29, 0.717) is 6.54 Å². The molecule has 1 atom stereocenters. The van der Waals surface area contributed by atoms with E-state index in [1.807, 2.05) is 33.9 Å². The molecule has 1 aromatic heterocycles. The highest BCUT2D eigenvalue weighted by atomic mass is 16.2. The largest absolute Gasteiger partial charge is 0.355 e. The van der Waals surface area contributed by atoms with E-state index >= 15 is 0 Å². The van der Waals surface area contributed by atoms with Crippen molar-refractivity contribution in [3.05, 3.63) is 18.2 Å². The smallest absolute Gasteiger partial charge is 0.237 e. The van der Waals surface area contributed by atoms with Gasteiger partial charge in [0, 0.05) is 25.5 Å². The first kappa shape index (κ1) is 15.7. The highest BCUT2D eigenvalue weighted by Gasteiger charge is 2.26. The van der Waals surface area contributed by atoms with Gasteiger partial charge in [0.2, 0.25) is 5.91 Å². The van der Waals surface area contributed by atoms with Gasteiger partial charge in [0.1, 0.15) is 5.82 Å². The number of imidazole rings is 1. The normalized spacial score (nSPS) is 13.3. The van der Waals surface area contributed by atoms with E-state index in [9.17, 15) is 4.79 Å². The van der Waals surface area contributed by atoms with Gasteiger partial charge in [-0.05, 0) is 25.2 Å². The van der Waals surface area contributed by atoms with Crippen LogP contribution in [0.3, 0.4) is 0 Å². The molecule has 1 amide bonds. The van der Waals surface area contributed by atoms with Crippen molar-refractivity contribution in [1.29, 1.82) is 0 Å². The summed E-state index contributed by atoms with van der Waals surface area (Å²) in [5.41, 5.74) is 5.69. The van der Waals surface area contributed by atoms with Crippen molar-refractivity contribution in [1.82, 2.24) is 14.9 Å². The van der Waals surface area contributed by atoms with E-state index in [0.717, 1.165) is 25.2 Å². The van der Waals surface area contributed by atoms with Crippen molar-refractivity contribution in [2.24, 2.45) is 11.1 Å². The molecule has 0 aliphatic carbocycles. The van der Waals surface area contributed by atoms with Crippen molar-refractivity contribution in [3.63, 3.8) is 0 Å². The molecule has 0 aromatic carbocycles. The lowest BCUT2D eigenvalue weighted by Gasteiger charge is -2.25. The maximum Gasteiger partial charge on any atom is 0.237 e. The molecule has 0 radical (unpaired) electrons. The second-order valence-corrected chi connectivity index (χ2v) is 6.01. The molecule has 0 aliphatic heterocycles. The van der Waals surface area contributed by atoms with Crippen molar-refractivity contribution >= 4 is 5.91 Å². The lowest BCUT2D eigenvalue weighted by molar-refractivity contribution is -0.124. The van der Waals surface area contributed by atoms with Gasteiger partial charge < -0.3 is 15.6 Å². The number of carbonyl (C=O) groups excluding carboxylic acids is 1. The SMILES string of the molecule is Cc1nccn1CCCCNC(=O)[C@@H](N)C(C)(C)C. The Balaban J connectivity index is 2.18. The van der Waals surface area contributed by atoms with E-state index < -0.39 is 6.04 Å². The number of unbranched alkanes of at least 4 members (excludes halogenated alkanes) is 1. The fraction of sp³-hybridized carbons (Fsp3) is 0.714. The van der Waals surface area contributed by atoms with Gasteiger partial charge in [0.05, 0.1) is 6.04 Å². The third-order valence-electron chi connectivity index (χ3n) is 3.26. The van der Waals surface area contributed by atoms with Crippen LogP contribution in [0.2, 0.25) is 0 Å². The Kier molecular flexibility index (Phi) is 5.54. The number of aryl methyl sites for hydroxylation is 2. The average Bonchev–Trinajstić information content (AvgIpc) is 2.72. The molecule has 0 aliphatic rings. The zero-order valence-electron chi connectivity index (χ0n) is 12.4. The second kappa shape index (κ2) is 6.70. The Morgan fingerprint density at radius 2 is 2.16 bits per heavy atom. The van der Waals surface area contributed by atoms with E-state index in [1.165, 1.54) is 0 Å². The fourth-order valence-electron chi connectivity index (χ4n) is 1.76. The highest BCUT2D eigenvalue weighted by molar-refractivity contribution is 5.82. The van der Waals surface area contributed by atoms with Crippen LogP contribution in [0.4, 0.5) is 0 Å². The predicted molar refractivity (Wildman–Crippen MR) is 76.6 cm³/mol. The summed E-state index contributed by atoms with van der Waals surface area (Å²) in [6, 6.07) is -0.455. The van der Waals surface area contributed by atoms with Crippen molar-refractivity contribution < 1.29 is 4.79 Å². The van der Waals surface area contributed by atoms with Crippen LogP contribution in [-0.4, -0.2) is 28.0 Å². The number of aromatic nitrogens is 2. The number of amides is 1. The van der Waals surface area contributed by atoms with Gasteiger partial charge in [0.15, 0.2) is 0 Å². The first-order chi connectivity index (χ1) is 8.82. The molecule has 3 N–H and O–H groups in total. The fourth-order valence-corrected chi connectivity index (χ4v) is 1.76. The van der Waals surface area contributed by atoms with Gasteiger partial charge >= 0.3 is 0 Å². The minimum absolute atomic E-state index is 0.0636. The number of rotatable bonds is 6. The van der Waals surface area contributed by atoms with E-state index in [-0.39, 0.29) is 11.3 Å². The minimum Gasteiger partial charge on any atom is -0.355 e. The summed E-state index contributed by atoms with van der Waals surface area (Å²) in [6.45, 7) is 9.52. The average molecular weight is 266 g/mol. The zero-order valence-corrected chi connectivity index (χ0v) is 12.4. The molecule has 1 aromatic rings. The van der Waals surface area contributed by atoms with Gasteiger partial charge in [-0.15, -0.1) is 0 Å². The summed E-state index contributed by atoms with van der Waals surface area (Å²) >= 11 is 0. The molecule has 0 fully saturated rings. The van der Waals surface area contributed by atoms with Crippen LogP contribution in [0.5, 0.6) is 0 Å². The Hall–Kier alpha value is -1.36. The van der Waals surface area contributed by atoms with Crippen LogP contribution < -0.4 is 11.1 Å². The summed E-state index contributed by atoms with van der Waals surface area (Å²) in [6.07, 6.45) is 5.74. The van der Waals surface area contributed by atoms with Gasteiger partial charge in [-0.2, -0.15) is 0 Å². The van der Waals surface area contributed by atoms with Gasteiger partial charge in [-0.25, -0.2) is 4.98 Å². The first-order valence-corrected chi connectivity index (χ1v) is 6.83. The van der Waals surface area contributed by atoms with Crippen LogP contribution in [-0.2, 0) is 11.3 Å². The second-order valence-electron chi connectivity index (χ2n) is 6.01. The number of hydrogen-bond donors (Lipinski definition) is 2. The lowest BCUT2D eigenvalue weighted by Crippen LogP contribution is -2.48. The summed E-state index contributed by atoms with van der Waals surface area (Å²) < 4.78 is 2.11. The van der Waals surface area contributed by atoms with Gasteiger partial charge in [0.25, 0.3) is 0 Å². The minimum atomic E-state index is -0.455. The number of nitrogens with one attached hydrogen (secondary N) is 1. The maximum atomic E-state index is 11.8. The first-order valence-electron chi connectivity index (χ1n) is 6.83. The van der Waals surface area contributed by atoms with Crippen LogP contribution in [0.15, 0.2) is 12.4 Å². The molecular formula is C14H26N4O. The summed E-state index contributed by atoms with van der Waals surface area (Å²) in [5.74, 6) is 0.963. The van der Waals surface area contributed by atoms with E-state index in [2.05, 4.69) is 14.9 Å². The van der Waals surface area contributed by atoms with Crippen molar-refractivity contribution in [2.45, 2.75) is 53.1 Å². The van der Waals surface area contributed by atoms with Crippen LogP contribution in [0.25, 0.3) is 0 Å². The molecule has 0 spiro atoms. The summed E-state index contributed by atoms with van der Waals surface area (Å²) in [5, 5.41) is 2.89. The molecule has 1 rings (SSSR count). The van der Waals surface area contributed by atoms with E-state index in [4.69, 9.17) is 5.73 Å². The molecule has 0 saturated carbocycles. The Labute approximate surface area is 115 Å². The number of carbonyl (C=O) groups is 1. The third kappa shape index (κ3) is 5.03. The molecular weight excluding hydrogens is 240 g/mol. The molecule has 108 valence electrons. The third-order valence-corrected chi connectivity index (χ3v) is 3.26. The standard InChI is InChI=1S/C14H26N4O/c1-11-16-8-10-18(11)9-6-5-7-17-13(19)12(15)14(2,3)4/h8,10,12H,5-7,9,15H2,1-4H3,(H,17,19)/t12-/m1/s1. The topological polar surface area (TPSA) is 72.9 Å². The highest BCUT2D eigenvalue weighted by Crippen LogP contribution is 2.17. The van der Waals surface area contributed by atoms with Crippen LogP contribution in [0.1, 0.15) is 39.4 Å². The van der Waals surface area contributed by atoms with Crippen molar-refractivity contribution in [3.8, 4) is 0 Å². The summed E-state index contributed by atoms with van der Waals surface area (Å²) in [7, 11) is 0. The number of hydrogen-bond acceptors (Lipinski definition) is 3. The summed E-state index contributed by atoms with van der Waals surface area (Å²) in [4.78, 5) is 16.0. The zero-order chi connectivity index (χ0) is 14.5. The predicted octanol–water partition coefficient (Wildman–Crippen LogP) is 1.46. The number of nitrogens with zero attached hydrogens (tertiary/aromatic N) is 2. The maximum absolute atomic E-state index is 11.8. The Bertz CT molecular complexity index is 406. The lowest BCUT2D eigenvalue weighted by atomic mass is 9.87. The van der Waals surface area contributed by atoms with Gasteiger partial charge in [-0.1, -0.05) is 20.8 Å². The molecule has 5 nitrogen and oxygen atoms in total. The molecule has 0 unspecified atom stereocenters. The quantitative estimate of drug-likeness (QED) is 0.766. The van der Waals surface area contributed by atoms with E-state index in [1.54, 1.807) is 6.20 Å². The Morgan fingerprint density at radius 1 is 1.47 bits per heavy atom. The molecule has 5 heteroatoms. The van der Waals surface area contributed by atoms with Crippen molar-refractivity contribution in [2.75, 3.05) is 6.54 Å². The monoisotopic (exact) mass is 266 g/mol.